The van der Waals surface area contributed by atoms with Gasteiger partial charge >= 0.3 is 0 Å². The van der Waals surface area contributed by atoms with Gasteiger partial charge in [-0.15, -0.1) is 0 Å². The highest BCUT2D eigenvalue weighted by Crippen LogP contribution is 2.14. The minimum Gasteiger partial charge on any atom is -0.373 e. The molecule has 4 heteroatoms. The average molecular weight is 252 g/mol. The molecule has 0 spiro atoms. The Morgan fingerprint density at radius 3 is 2.95 bits per heavy atom. The number of hydrogen-bond donors (Lipinski definition) is 1. The van der Waals surface area contributed by atoms with Gasteiger partial charge in [0.05, 0.1) is 5.69 Å². The molecule has 1 aromatic heterocycles. The molecule has 0 atom stereocenters. The second-order valence-electron chi connectivity index (χ2n) is 3.98. The molecule has 0 unspecified atom stereocenters. The van der Waals surface area contributed by atoms with Crippen molar-refractivity contribution in [3.63, 3.8) is 0 Å². The third-order valence-corrected chi connectivity index (χ3v) is 2.72. The summed E-state index contributed by atoms with van der Waals surface area (Å²) in [6, 6.07) is 3.77. The fraction of sp³-hybridized carbons (Fsp3) is 0.133. The summed E-state index contributed by atoms with van der Waals surface area (Å²) in [5, 5.41) is 10.9. The second kappa shape index (κ2) is 6.44. The van der Waals surface area contributed by atoms with Crippen LogP contribution in [-0.4, -0.2) is 23.5 Å². The summed E-state index contributed by atoms with van der Waals surface area (Å²) in [4.78, 5) is 4.28. The van der Waals surface area contributed by atoms with Gasteiger partial charge in [0.15, 0.2) is 0 Å². The summed E-state index contributed by atoms with van der Waals surface area (Å²) >= 11 is 0. The maximum absolute atomic E-state index is 4.28. The van der Waals surface area contributed by atoms with Crippen LogP contribution in [0.3, 0.4) is 0 Å². The summed E-state index contributed by atoms with van der Waals surface area (Å²) < 4.78 is 0. The van der Waals surface area contributed by atoms with Crippen molar-refractivity contribution < 1.29 is 0 Å². The highest BCUT2D eigenvalue weighted by Gasteiger charge is 2.01. The predicted octanol–water partition coefficient (Wildman–Crippen LogP) is 2.51. The number of allylic oxidation sites excluding steroid dienone is 6. The standard InChI is InChI=1S/C15H16N4/c1-3-13(14-5-4-10-18-19-14)8-6-12-7-9-15(16-2)17-11-12/h3-6,8-11,16H,1,7H2,2H3/b12-6+,13-8+. The quantitative estimate of drug-likeness (QED) is 0.838. The molecule has 0 bridgehead atoms. The first-order chi connectivity index (χ1) is 9.33. The van der Waals surface area contributed by atoms with Crippen LogP contribution in [-0.2, 0) is 0 Å². The van der Waals surface area contributed by atoms with Gasteiger partial charge in [0.25, 0.3) is 0 Å². The third-order valence-electron chi connectivity index (χ3n) is 2.72. The molecule has 0 saturated heterocycles. The molecule has 1 aliphatic rings. The second-order valence-corrected chi connectivity index (χ2v) is 3.98. The van der Waals surface area contributed by atoms with E-state index in [1.807, 2.05) is 37.5 Å². The van der Waals surface area contributed by atoms with Crippen molar-refractivity contribution >= 4 is 11.8 Å². The summed E-state index contributed by atoms with van der Waals surface area (Å²) in [7, 11) is 1.86. The zero-order valence-electron chi connectivity index (χ0n) is 10.9. The molecule has 4 nitrogen and oxygen atoms in total. The average Bonchev–Trinajstić information content (AvgIpc) is 2.49. The van der Waals surface area contributed by atoms with E-state index in [1.165, 1.54) is 0 Å². The molecule has 0 fully saturated rings. The number of nitrogens with one attached hydrogen (secondary N) is 1. The lowest BCUT2D eigenvalue weighted by atomic mass is 10.1. The Bertz CT molecular complexity index is 565. The van der Waals surface area contributed by atoms with E-state index >= 15 is 0 Å². The topological polar surface area (TPSA) is 50.2 Å². The smallest absolute Gasteiger partial charge is 0.121 e. The van der Waals surface area contributed by atoms with Crippen LogP contribution < -0.4 is 5.32 Å². The lowest BCUT2D eigenvalue weighted by molar-refractivity contribution is 0.942. The van der Waals surface area contributed by atoms with E-state index < -0.39 is 0 Å². The zero-order valence-corrected chi connectivity index (χ0v) is 10.9. The van der Waals surface area contributed by atoms with Crippen molar-refractivity contribution in [2.45, 2.75) is 6.42 Å². The lowest BCUT2D eigenvalue weighted by Gasteiger charge is -2.07. The molecule has 19 heavy (non-hydrogen) atoms. The normalized spacial score (nSPS) is 17.2. The van der Waals surface area contributed by atoms with Crippen molar-refractivity contribution in [2.75, 3.05) is 7.05 Å². The van der Waals surface area contributed by atoms with Crippen molar-refractivity contribution in [3.05, 3.63) is 66.3 Å². The van der Waals surface area contributed by atoms with Crippen molar-refractivity contribution in [1.29, 1.82) is 0 Å². The zero-order chi connectivity index (χ0) is 13.5. The SMILES string of the molecule is C=C/C(=C\C=C1\C=NC(NC)=CC1)c1cccnn1. The van der Waals surface area contributed by atoms with Crippen LogP contribution in [0.5, 0.6) is 0 Å². The minimum absolute atomic E-state index is 0.813. The molecule has 2 heterocycles. The Hall–Kier alpha value is -2.49. The first kappa shape index (κ1) is 13.0. The van der Waals surface area contributed by atoms with E-state index in [0.717, 1.165) is 29.1 Å². The van der Waals surface area contributed by atoms with Crippen LogP contribution >= 0.6 is 0 Å². The predicted molar refractivity (Wildman–Crippen MR) is 78.5 cm³/mol. The Morgan fingerprint density at radius 1 is 1.47 bits per heavy atom. The van der Waals surface area contributed by atoms with E-state index in [-0.39, 0.29) is 0 Å². The molecule has 96 valence electrons. The molecule has 0 amide bonds. The number of aromatic nitrogens is 2. The fourth-order valence-electron chi connectivity index (χ4n) is 1.66. The third kappa shape index (κ3) is 3.48. The van der Waals surface area contributed by atoms with Gasteiger partial charge in [0.2, 0.25) is 0 Å². The molecule has 2 rings (SSSR count). The summed E-state index contributed by atoms with van der Waals surface area (Å²) in [6.07, 6.45) is 12.2. The molecule has 0 radical (unpaired) electrons. The minimum atomic E-state index is 0.813. The molecule has 1 N–H and O–H groups in total. The fourth-order valence-corrected chi connectivity index (χ4v) is 1.66. The van der Waals surface area contributed by atoms with Crippen molar-refractivity contribution in [2.24, 2.45) is 4.99 Å². The highest BCUT2D eigenvalue weighted by atomic mass is 15.1. The van der Waals surface area contributed by atoms with Gasteiger partial charge in [0, 0.05) is 25.0 Å². The number of nitrogens with zero attached hydrogens (tertiary/aromatic N) is 3. The molecular weight excluding hydrogens is 236 g/mol. The van der Waals surface area contributed by atoms with Crippen LogP contribution in [0.2, 0.25) is 0 Å². The van der Waals surface area contributed by atoms with E-state index in [1.54, 1.807) is 12.3 Å². The summed E-state index contributed by atoms with van der Waals surface area (Å²) in [5.74, 6) is 0.902. The van der Waals surface area contributed by atoms with E-state index in [2.05, 4.69) is 33.2 Å². The van der Waals surface area contributed by atoms with Crippen LogP contribution in [0, 0.1) is 0 Å². The first-order valence-corrected chi connectivity index (χ1v) is 6.07. The molecular formula is C15H16N4. The van der Waals surface area contributed by atoms with Crippen LogP contribution in [0.25, 0.3) is 5.57 Å². The van der Waals surface area contributed by atoms with Crippen molar-refractivity contribution in [3.8, 4) is 0 Å². The molecule has 0 saturated carbocycles. The van der Waals surface area contributed by atoms with E-state index in [9.17, 15) is 0 Å². The van der Waals surface area contributed by atoms with Crippen molar-refractivity contribution in [1.82, 2.24) is 15.5 Å². The molecule has 0 aliphatic carbocycles. The van der Waals surface area contributed by atoms with Gasteiger partial charge in [0.1, 0.15) is 5.82 Å². The van der Waals surface area contributed by atoms with Crippen LogP contribution in [0.1, 0.15) is 12.1 Å². The Labute approximate surface area is 113 Å². The Balaban J connectivity index is 2.16. The number of hydrogen-bond acceptors (Lipinski definition) is 4. The van der Waals surface area contributed by atoms with Gasteiger partial charge in [-0.05, 0) is 30.2 Å². The van der Waals surface area contributed by atoms with Gasteiger partial charge in [-0.2, -0.15) is 10.2 Å². The van der Waals surface area contributed by atoms with Crippen LogP contribution in [0.15, 0.2) is 65.6 Å². The van der Waals surface area contributed by atoms with E-state index in [0.29, 0.717) is 0 Å². The summed E-state index contributed by atoms with van der Waals surface area (Å²) in [6.45, 7) is 3.81. The van der Waals surface area contributed by atoms with E-state index in [4.69, 9.17) is 0 Å². The summed E-state index contributed by atoms with van der Waals surface area (Å²) in [5.41, 5.74) is 2.90. The maximum atomic E-state index is 4.28. The number of rotatable bonds is 4. The Morgan fingerprint density at radius 2 is 2.37 bits per heavy atom. The largest absolute Gasteiger partial charge is 0.373 e. The lowest BCUT2D eigenvalue weighted by Crippen LogP contribution is -2.06. The molecule has 1 aromatic rings. The van der Waals surface area contributed by atoms with Crippen LogP contribution in [0.4, 0.5) is 0 Å². The van der Waals surface area contributed by atoms with Gasteiger partial charge in [-0.3, -0.25) is 0 Å². The van der Waals surface area contributed by atoms with Gasteiger partial charge < -0.3 is 5.32 Å². The maximum Gasteiger partial charge on any atom is 0.121 e. The Kier molecular flexibility index (Phi) is 4.39. The molecule has 0 aromatic carbocycles. The highest BCUT2D eigenvalue weighted by molar-refractivity contribution is 5.83. The van der Waals surface area contributed by atoms with Gasteiger partial charge in [-0.25, -0.2) is 4.99 Å². The number of aliphatic imine (C=N–C) groups is 1. The molecule has 1 aliphatic heterocycles. The first-order valence-electron chi connectivity index (χ1n) is 6.07. The van der Waals surface area contributed by atoms with Gasteiger partial charge in [-0.1, -0.05) is 24.8 Å². The monoisotopic (exact) mass is 252 g/mol.